The van der Waals surface area contributed by atoms with Crippen LogP contribution in [0, 0.1) is 5.82 Å². The molecule has 6 nitrogen and oxygen atoms in total. The normalized spacial score (nSPS) is 15.7. The third-order valence-corrected chi connectivity index (χ3v) is 4.62. The number of likely N-dealkylation sites (N-methyl/N-ethyl adjacent to an activating group) is 1. The van der Waals surface area contributed by atoms with Crippen LogP contribution in [0.3, 0.4) is 0 Å². The summed E-state index contributed by atoms with van der Waals surface area (Å²) in [5, 5.41) is 14.1. The standard InChI is InChI=1S/C19H25FN4O2/c1-14(25)18-10-16-12-23(8-5-9-24(16)21-18)19(26)13-22(2)11-15-6-3-4-7-17(15)20/h3-4,6-7,10,14,25H,5,8-9,11-13H2,1-2H3. The number of halogens is 1. The minimum absolute atomic E-state index is 0.0112. The summed E-state index contributed by atoms with van der Waals surface area (Å²) in [5.74, 6) is -0.242. The molecule has 1 atom stereocenters. The van der Waals surface area contributed by atoms with Gasteiger partial charge < -0.3 is 10.0 Å². The van der Waals surface area contributed by atoms with E-state index in [2.05, 4.69) is 5.10 Å². The van der Waals surface area contributed by atoms with Gasteiger partial charge in [-0.15, -0.1) is 0 Å². The Hall–Kier alpha value is -2.25. The van der Waals surface area contributed by atoms with E-state index in [9.17, 15) is 14.3 Å². The van der Waals surface area contributed by atoms with Crippen LogP contribution in [0.1, 0.15) is 36.4 Å². The predicted octanol–water partition coefficient (Wildman–Crippen LogP) is 1.94. The average Bonchev–Trinajstić information content (AvgIpc) is 2.89. The van der Waals surface area contributed by atoms with Crippen molar-refractivity contribution in [3.05, 3.63) is 53.1 Å². The maximum absolute atomic E-state index is 13.8. The second-order valence-corrected chi connectivity index (χ2v) is 6.89. The van der Waals surface area contributed by atoms with Gasteiger partial charge in [0.05, 0.1) is 30.6 Å². The monoisotopic (exact) mass is 360 g/mol. The highest BCUT2D eigenvalue weighted by Gasteiger charge is 2.22. The van der Waals surface area contributed by atoms with Gasteiger partial charge in [0.2, 0.25) is 5.91 Å². The summed E-state index contributed by atoms with van der Waals surface area (Å²) in [5.41, 5.74) is 2.15. The van der Waals surface area contributed by atoms with Crippen molar-refractivity contribution in [2.24, 2.45) is 0 Å². The molecule has 1 N–H and O–H groups in total. The Morgan fingerprint density at radius 2 is 2.15 bits per heavy atom. The molecule has 0 aliphatic carbocycles. The van der Waals surface area contributed by atoms with Crippen LogP contribution in [-0.4, -0.2) is 50.7 Å². The molecule has 0 fully saturated rings. The van der Waals surface area contributed by atoms with E-state index in [1.54, 1.807) is 25.1 Å². The summed E-state index contributed by atoms with van der Waals surface area (Å²) < 4.78 is 15.6. The molecule has 7 heteroatoms. The molecule has 0 saturated heterocycles. The number of aryl methyl sites for hydroxylation is 1. The second kappa shape index (κ2) is 7.97. The predicted molar refractivity (Wildman–Crippen MR) is 95.6 cm³/mol. The molecule has 2 heterocycles. The fraction of sp³-hybridized carbons (Fsp3) is 0.474. The molecule has 1 aromatic carbocycles. The van der Waals surface area contributed by atoms with Crippen molar-refractivity contribution in [1.29, 1.82) is 0 Å². The Bertz CT molecular complexity index is 775. The molecule has 1 aromatic heterocycles. The Morgan fingerprint density at radius 3 is 2.88 bits per heavy atom. The van der Waals surface area contributed by atoms with Gasteiger partial charge in [0.1, 0.15) is 5.82 Å². The number of fused-ring (bicyclic) bond motifs is 1. The van der Waals surface area contributed by atoms with Gasteiger partial charge in [0.15, 0.2) is 0 Å². The van der Waals surface area contributed by atoms with E-state index in [1.165, 1.54) is 6.07 Å². The van der Waals surface area contributed by atoms with E-state index < -0.39 is 6.10 Å². The van der Waals surface area contributed by atoms with Crippen molar-refractivity contribution < 1.29 is 14.3 Å². The van der Waals surface area contributed by atoms with Crippen LogP contribution in [0.5, 0.6) is 0 Å². The van der Waals surface area contributed by atoms with E-state index in [1.807, 2.05) is 27.6 Å². The first kappa shape index (κ1) is 18.5. The van der Waals surface area contributed by atoms with Crippen molar-refractivity contribution in [2.45, 2.75) is 39.1 Å². The van der Waals surface area contributed by atoms with Crippen molar-refractivity contribution in [3.8, 4) is 0 Å². The Labute approximate surface area is 152 Å². The van der Waals surface area contributed by atoms with E-state index in [0.29, 0.717) is 30.9 Å². The molecular formula is C19H25FN4O2. The second-order valence-electron chi connectivity index (χ2n) is 6.89. The van der Waals surface area contributed by atoms with Crippen LogP contribution in [0.4, 0.5) is 4.39 Å². The lowest BCUT2D eigenvalue weighted by Crippen LogP contribution is -2.38. The van der Waals surface area contributed by atoms with Gasteiger partial charge in [-0.2, -0.15) is 5.10 Å². The first-order valence-electron chi connectivity index (χ1n) is 8.88. The Kier molecular flexibility index (Phi) is 5.68. The van der Waals surface area contributed by atoms with Gasteiger partial charge in [0, 0.05) is 25.2 Å². The lowest BCUT2D eigenvalue weighted by atomic mass is 10.2. The van der Waals surface area contributed by atoms with Crippen molar-refractivity contribution in [3.63, 3.8) is 0 Å². The molecule has 0 spiro atoms. The number of aliphatic hydroxyl groups is 1. The minimum atomic E-state index is -0.620. The van der Waals surface area contributed by atoms with Crippen molar-refractivity contribution in [2.75, 3.05) is 20.1 Å². The quantitative estimate of drug-likeness (QED) is 0.885. The number of carbonyl (C=O) groups is 1. The van der Waals surface area contributed by atoms with Gasteiger partial charge in [-0.1, -0.05) is 18.2 Å². The molecule has 0 radical (unpaired) electrons. The topological polar surface area (TPSA) is 61.6 Å². The van der Waals surface area contributed by atoms with Crippen LogP contribution in [0.15, 0.2) is 30.3 Å². The summed E-state index contributed by atoms with van der Waals surface area (Å²) >= 11 is 0. The number of hydrogen-bond donors (Lipinski definition) is 1. The zero-order valence-electron chi connectivity index (χ0n) is 15.2. The number of benzene rings is 1. The molecule has 26 heavy (non-hydrogen) atoms. The van der Waals surface area contributed by atoms with E-state index in [4.69, 9.17) is 0 Å². The van der Waals surface area contributed by atoms with E-state index in [-0.39, 0.29) is 18.3 Å². The van der Waals surface area contributed by atoms with Crippen LogP contribution in [0.25, 0.3) is 0 Å². The van der Waals surface area contributed by atoms with Crippen molar-refractivity contribution >= 4 is 5.91 Å². The van der Waals surface area contributed by atoms with Crippen LogP contribution < -0.4 is 0 Å². The Balaban J connectivity index is 1.62. The highest BCUT2D eigenvalue weighted by molar-refractivity contribution is 5.78. The Morgan fingerprint density at radius 1 is 1.38 bits per heavy atom. The maximum Gasteiger partial charge on any atom is 0.237 e. The van der Waals surface area contributed by atoms with Gasteiger partial charge in [-0.3, -0.25) is 14.4 Å². The van der Waals surface area contributed by atoms with Crippen LogP contribution in [-0.2, 0) is 24.4 Å². The zero-order chi connectivity index (χ0) is 18.7. The van der Waals surface area contributed by atoms with Gasteiger partial charge >= 0.3 is 0 Å². The number of aromatic nitrogens is 2. The first-order valence-corrected chi connectivity index (χ1v) is 8.88. The van der Waals surface area contributed by atoms with Crippen LogP contribution >= 0.6 is 0 Å². The summed E-state index contributed by atoms with van der Waals surface area (Å²) in [6.07, 6.45) is 0.196. The zero-order valence-corrected chi connectivity index (χ0v) is 15.2. The number of amides is 1. The third-order valence-electron chi connectivity index (χ3n) is 4.62. The first-order chi connectivity index (χ1) is 12.4. The number of hydrogen-bond acceptors (Lipinski definition) is 4. The maximum atomic E-state index is 13.8. The molecule has 1 aliphatic rings. The average molecular weight is 360 g/mol. The molecule has 140 valence electrons. The van der Waals surface area contributed by atoms with Crippen molar-refractivity contribution in [1.82, 2.24) is 19.6 Å². The number of rotatable bonds is 5. The highest BCUT2D eigenvalue weighted by Crippen LogP contribution is 2.18. The number of aliphatic hydroxyl groups excluding tert-OH is 1. The molecule has 3 rings (SSSR count). The summed E-state index contributed by atoms with van der Waals surface area (Å²) in [4.78, 5) is 16.3. The lowest BCUT2D eigenvalue weighted by Gasteiger charge is -2.24. The van der Waals surface area contributed by atoms with E-state index >= 15 is 0 Å². The molecule has 1 unspecified atom stereocenters. The fourth-order valence-corrected chi connectivity index (χ4v) is 3.21. The third kappa shape index (κ3) is 4.28. The molecular weight excluding hydrogens is 335 g/mol. The van der Waals surface area contributed by atoms with E-state index in [0.717, 1.165) is 18.7 Å². The van der Waals surface area contributed by atoms with Gasteiger partial charge in [-0.25, -0.2) is 4.39 Å². The fourth-order valence-electron chi connectivity index (χ4n) is 3.21. The minimum Gasteiger partial charge on any atom is -0.387 e. The highest BCUT2D eigenvalue weighted by atomic mass is 19.1. The lowest BCUT2D eigenvalue weighted by molar-refractivity contribution is -0.132. The van der Waals surface area contributed by atoms with Gasteiger partial charge in [-0.05, 0) is 32.5 Å². The SMILES string of the molecule is CC(O)c1cc2n(n1)CCCN(C(=O)CN(C)Cc1ccccc1F)C2. The summed E-state index contributed by atoms with van der Waals surface area (Å²) in [7, 11) is 1.82. The smallest absolute Gasteiger partial charge is 0.237 e. The van der Waals surface area contributed by atoms with Gasteiger partial charge in [0.25, 0.3) is 0 Å². The van der Waals surface area contributed by atoms with Crippen LogP contribution in [0.2, 0.25) is 0 Å². The molecule has 1 amide bonds. The number of nitrogens with zero attached hydrogens (tertiary/aromatic N) is 4. The summed E-state index contributed by atoms with van der Waals surface area (Å²) in [6.45, 7) is 4.17. The largest absolute Gasteiger partial charge is 0.387 e. The summed E-state index contributed by atoms with van der Waals surface area (Å²) in [6, 6.07) is 8.48. The molecule has 0 saturated carbocycles. The molecule has 2 aromatic rings. The number of carbonyl (C=O) groups excluding carboxylic acids is 1. The molecule has 1 aliphatic heterocycles. The molecule has 0 bridgehead atoms.